The van der Waals surface area contributed by atoms with Crippen LogP contribution < -0.4 is 9.47 Å². The number of alkyl halides is 6. The lowest BCUT2D eigenvalue weighted by Gasteiger charge is -2.19. The molecule has 0 unspecified atom stereocenters. The minimum absolute atomic E-state index is 0.491. The number of rotatable bonds is 3. The van der Waals surface area contributed by atoms with Crippen LogP contribution in [-0.2, 0) is 9.59 Å². The molecular formula is C13H10F6N2O4. The Morgan fingerprint density at radius 3 is 1.88 bits per heavy atom. The van der Waals surface area contributed by atoms with E-state index in [1.165, 1.54) is 14.1 Å². The molecule has 0 amide bonds. The summed E-state index contributed by atoms with van der Waals surface area (Å²) in [7, 11) is 2.62. The van der Waals surface area contributed by atoms with Gasteiger partial charge in [-0.15, -0.1) is 0 Å². The van der Waals surface area contributed by atoms with Crippen LogP contribution in [0, 0.1) is 5.41 Å². The molecule has 0 fully saturated rings. The first-order valence-electron chi connectivity index (χ1n) is 6.22. The predicted molar refractivity (Wildman–Crippen MR) is 70.3 cm³/mol. The van der Waals surface area contributed by atoms with Crippen molar-refractivity contribution in [3.63, 3.8) is 0 Å². The summed E-state index contributed by atoms with van der Waals surface area (Å²) in [5.41, 5.74) is -0.491. The molecule has 1 aromatic carbocycles. The van der Waals surface area contributed by atoms with Crippen molar-refractivity contribution in [2.75, 3.05) is 14.1 Å². The monoisotopic (exact) mass is 372 g/mol. The second-order valence-corrected chi connectivity index (χ2v) is 4.65. The van der Waals surface area contributed by atoms with Crippen molar-refractivity contribution in [3.8, 4) is 11.5 Å². The van der Waals surface area contributed by atoms with Gasteiger partial charge in [-0.2, -0.15) is 26.3 Å². The van der Waals surface area contributed by atoms with Gasteiger partial charge in [0.25, 0.3) is 0 Å². The van der Waals surface area contributed by atoms with Crippen LogP contribution in [0.2, 0.25) is 0 Å². The maximum Gasteiger partial charge on any atom is 0.491 e. The maximum atomic E-state index is 12.4. The molecule has 0 radical (unpaired) electrons. The summed E-state index contributed by atoms with van der Waals surface area (Å²) in [5, 5.41) is 7.72. The highest BCUT2D eigenvalue weighted by Gasteiger charge is 2.44. The summed E-state index contributed by atoms with van der Waals surface area (Å²) >= 11 is 0. The Morgan fingerprint density at radius 2 is 1.44 bits per heavy atom. The molecule has 0 aromatic heterocycles. The lowest BCUT2D eigenvalue weighted by molar-refractivity contribution is -0.191. The number of ether oxygens (including phenoxy) is 2. The number of nitrogens with one attached hydrogen (secondary N) is 1. The number of benzene rings is 1. The van der Waals surface area contributed by atoms with E-state index in [0.717, 1.165) is 17.0 Å². The van der Waals surface area contributed by atoms with Gasteiger partial charge in [0, 0.05) is 14.1 Å². The second kappa shape index (κ2) is 6.99. The van der Waals surface area contributed by atoms with E-state index in [1.54, 1.807) is 0 Å². The first-order valence-corrected chi connectivity index (χ1v) is 6.22. The van der Waals surface area contributed by atoms with Gasteiger partial charge in [-0.05, 0) is 12.1 Å². The number of carbonyl (C=O) groups is 2. The molecular weight excluding hydrogens is 362 g/mol. The van der Waals surface area contributed by atoms with Crippen LogP contribution in [-0.4, -0.2) is 49.1 Å². The zero-order valence-electron chi connectivity index (χ0n) is 12.6. The lowest BCUT2D eigenvalue weighted by Crippen LogP contribution is -2.31. The molecule has 0 aliphatic rings. The Balaban J connectivity index is 3.41. The third-order valence-corrected chi connectivity index (χ3v) is 2.54. The van der Waals surface area contributed by atoms with E-state index in [4.69, 9.17) is 5.41 Å². The Bertz CT molecular complexity index is 697. The molecule has 0 spiro atoms. The van der Waals surface area contributed by atoms with E-state index in [0.29, 0.717) is 6.07 Å². The summed E-state index contributed by atoms with van der Waals surface area (Å²) in [5.74, 6) is -8.22. The summed E-state index contributed by atoms with van der Waals surface area (Å²) in [6, 6.07) is 2.71. The maximum absolute atomic E-state index is 12.4. The van der Waals surface area contributed by atoms with E-state index in [-0.39, 0.29) is 0 Å². The third-order valence-electron chi connectivity index (χ3n) is 2.54. The highest BCUT2D eigenvalue weighted by molar-refractivity contribution is 6.00. The zero-order valence-corrected chi connectivity index (χ0v) is 12.6. The van der Waals surface area contributed by atoms with Gasteiger partial charge in [0.15, 0.2) is 11.5 Å². The van der Waals surface area contributed by atoms with Crippen LogP contribution in [0.3, 0.4) is 0 Å². The molecule has 25 heavy (non-hydrogen) atoms. The predicted octanol–water partition coefficient (Wildman–Crippen LogP) is 2.51. The van der Waals surface area contributed by atoms with Crippen LogP contribution in [0.15, 0.2) is 18.2 Å². The molecule has 12 heteroatoms. The van der Waals surface area contributed by atoms with Crippen molar-refractivity contribution in [3.05, 3.63) is 23.8 Å². The fourth-order valence-corrected chi connectivity index (χ4v) is 1.44. The molecule has 0 aliphatic heterocycles. The molecule has 0 heterocycles. The van der Waals surface area contributed by atoms with Gasteiger partial charge in [-0.3, -0.25) is 5.41 Å². The van der Waals surface area contributed by atoms with Crippen molar-refractivity contribution in [2.45, 2.75) is 12.4 Å². The summed E-state index contributed by atoms with van der Waals surface area (Å²) in [6.07, 6.45) is -10.9. The Morgan fingerprint density at radius 1 is 0.960 bits per heavy atom. The number of para-hydroxylation sites is 1. The number of carbonyl (C=O) groups excluding carboxylic acids is 2. The van der Waals surface area contributed by atoms with Crippen LogP contribution in [0.1, 0.15) is 5.56 Å². The van der Waals surface area contributed by atoms with Gasteiger partial charge in [0.1, 0.15) is 5.84 Å². The fourth-order valence-electron chi connectivity index (χ4n) is 1.44. The molecule has 0 aliphatic carbocycles. The Hall–Kier alpha value is -2.79. The standard InChI is InChI=1S/C13H10F6N2O4/c1-21(2)9(20)6-4-3-5-7(24-10(22)12(14,15)16)8(6)25-11(23)13(17,18)19/h3-5,20H,1-2H3. The topological polar surface area (TPSA) is 79.7 Å². The number of halogens is 6. The average Bonchev–Trinajstić information content (AvgIpc) is 2.45. The fraction of sp³-hybridized carbons (Fsp3) is 0.308. The van der Waals surface area contributed by atoms with E-state index < -0.39 is 47.2 Å². The van der Waals surface area contributed by atoms with Crippen molar-refractivity contribution >= 4 is 17.8 Å². The number of esters is 2. The molecule has 0 bridgehead atoms. The van der Waals surface area contributed by atoms with E-state index in [1.807, 2.05) is 0 Å². The lowest BCUT2D eigenvalue weighted by atomic mass is 10.1. The molecule has 6 nitrogen and oxygen atoms in total. The van der Waals surface area contributed by atoms with E-state index in [9.17, 15) is 35.9 Å². The third kappa shape index (κ3) is 5.09. The van der Waals surface area contributed by atoms with Gasteiger partial charge in [0.05, 0.1) is 5.56 Å². The average molecular weight is 372 g/mol. The zero-order chi connectivity index (χ0) is 19.6. The smallest absolute Gasteiger partial charge is 0.416 e. The number of hydrogen-bond acceptors (Lipinski definition) is 5. The van der Waals surface area contributed by atoms with Gasteiger partial charge < -0.3 is 14.4 Å². The van der Waals surface area contributed by atoms with Gasteiger partial charge in [-0.1, -0.05) is 6.07 Å². The minimum Gasteiger partial charge on any atom is -0.416 e. The highest BCUT2D eigenvalue weighted by Crippen LogP contribution is 2.35. The van der Waals surface area contributed by atoms with Crippen molar-refractivity contribution < 1.29 is 45.4 Å². The van der Waals surface area contributed by atoms with Crippen LogP contribution in [0.5, 0.6) is 11.5 Å². The summed E-state index contributed by atoms with van der Waals surface area (Å²) in [4.78, 5) is 23.0. The number of amidine groups is 1. The molecule has 0 saturated carbocycles. The van der Waals surface area contributed by atoms with Crippen molar-refractivity contribution in [1.29, 1.82) is 5.41 Å². The molecule has 138 valence electrons. The summed E-state index contributed by atoms with van der Waals surface area (Å²) in [6.45, 7) is 0. The van der Waals surface area contributed by atoms with Crippen molar-refractivity contribution in [1.82, 2.24) is 4.90 Å². The molecule has 1 aromatic rings. The first-order chi connectivity index (χ1) is 11.2. The van der Waals surface area contributed by atoms with Gasteiger partial charge >= 0.3 is 24.3 Å². The quantitative estimate of drug-likeness (QED) is 0.290. The molecule has 1 N–H and O–H groups in total. The Labute approximate surface area is 136 Å². The first kappa shape index (κ1) is 20.3. The van der Waals surface area contributed by atoms with Gasteiger partial charge in [-0.25, -0.2) is 9.59 Å². The normalized spacial score (nSPS) is 11.7. The SMILES string of the molecule is CN(C)C(=N)c1cccc(OC(=O)C(F)(F)F)c1OC(=O)C(F)(F)F. The number of nitrogens with zero attached hydrogens (tertiary/aromatic N) is 1. The van der Waals surface area contributed by atoms with Crippen LogP contribution in [0.4, 0.5) is 26.3 Å². The summed E-state index contributed by atoms with van der Waals surface area (Å²) < 4.78 is 82.0. The molecule has 0 atom stereocenters. The van der Waals surface area contributed by atoms with Gasteiger partial charge in [0.2, 0.25) is 0 Å². The number of hydrogen-bond donors (Lipinski definition) is 1. The highest BCUT2D eigenvalue weighted by atomic mass is 19.4. The van der Waals surface area contributed by atoms with E-state index >= 15 is 0 Å². The van der Waals surface area contributed by atoms with Crippen LogP contribution >= 0.6 is 0 Å². The van der Waals surface area contributed by atoms with Crippen LogP contribution in [0.25, 0.3) is 0 Å². The van der Waals surface area contributed by atoms with E-state index in [2.05, 4.69) is 9.47 Å². The molecule has 0 saturated heterocycles. The van der Waals surface area contributed by atoms with Crippen molar-refractivity contribution in [2.24, 2.45) is 0 Å². The molecule has 1 rings (SSSR count). The second-order valence-electron chi connectivity index (χ2n) is 4.65. The Kier molecular flexibility index (Phi) is 5.66. The minimum atomic E-state index is -5.46. The largest absolute Gasteiger partial charge is 0.491 e.